The zero-order valence-corrected chi connectivity index (χ0v) is 11.8. The molecule has 104 valence electrons. The van der Waals surface area contributed by atoms with Gasteiger partial charge in [0.05, 0.1) is 0 Å². The highest BCUT2D eigenvalue weighted by molar-refractivity contribution is 5.84. The second-order valence-electron chi connectivity index (χ2n) is 5.34. The maximum atomic E-state index is 4.18. The summed E-state index contributed by atoms with van der Waals surface area (Å²) in [6, 6.07) is 6.51. The van der Waals surface area contributed by atoms with Gasteiger partial charge in [0.15, 0.2) is 5.82 Å². The van der Waals surface area contributed by atoms with Gasteiger partial charge in [-0.2, -0.15) is 5.10 Å². The van der Waals surface area contributed by atoms with Gasteiger partial charge in [0.25, 0.3) is 0 Å². The van der Waals surface area contributed by atoms with E-state index in [1.54, 1.807) is 6.33 Å². The SMILES string of the molecule is CN(C)CCc1c[nH]c2ccc(Cc3nc[nH]n3)cc12. The molecular weight excluding hydrogens is 250 g/mol. The van der Waals surface area contributed by atoms with Gasteiger partial charge in [0, 0.05) is 30.1 Å². The molecule has 0 saturated carbocycles. The summed E-state index contributed by atoms with van der Waals surface area (Å²) >= 11 is 0. The summed E-state index contributed by atoms with van der Waals surface area (Å²) < 4.78 is 0. The number of nitrogens with one attached hydrogen (secondary N) is 2. The second kappa shape index (κ2) is 5.46. The van der Waals surface area contributed by atoms with Crippen molar-refractivity contribution >= 4 is 10.9 Å². The fourth-order valence-corrected chi connectivity index (χ4v) is 2.39. The summed E-state index contributed by atoms with van der Waals surface area (Å²) in [5.74, 6) is 0.828. The Balaban J connectivity index is 1.86. The number of likely N-dealkylation sites (N-methyl/N-ethyl adjacent to an activating group) is 1. The molecule has 0 spiro atoms. The van der Waals surface area contributed by atoms with E-state index < -0.39 is 0 Å². The van der Waals surface area contributed by atoms with E-state index in [0.717, 1.165) is 25.2 Å². The van der Waals surface area contributed by atoms with Crippen molar-refractivity contribution in [2.24, 2.45) is 0 Å². The summed E-state index contributed by atoms with van der Waals surface area (Å²) in [6.07, 6.45) is 5.55. The van der Waals surface area contributed by atoms with E-state index in [1.165, 1.54) is 22.0 Å². The first-order chi connectivity index (χ1) is 9.72. The number of H-pyrrole nitrogens is 2. The van der Waals surface area contributed by atoms with Crippen LogP contribution in [0.3, 0.4) is 0 Å². The number of benzene rings is 1. The number of rotatable bonds is 5. The smallest absolute Gasteiger partial charge is 0.154 e. The Bertz CT molecular complexity index is 681. The van der Waals surface area contributed by atoms with Crippen LogP contribution in [0.15, 0.2) is 30.7 Å². The van der Waals surface area contributed by atoms with Crippen molar-refractivity contribution in [2.45, 2.75) is 12.8 Å². The summed E-state index contributed by atoms with van der Waals surface area (Å²) in [6.45, 7) is 1.05. The minimum Gasteiger partial charge on any atom is -0.361 e. The number of aromatic nitrogens is 4. The first kappa shape index (κ1) is 12.9. The van der Waals surface area contributed by atoms with Crippen LogP contribution in [-0.2, 0) is 12.8 Å². The van der Waals surface area contributed by atoms with Crippen molar-refractivity contribution in [1.82, 2.24) is 25.1 Å². The number of hydrogen-bond donors (Lipinski definition) is 2. The average Bonchev–Trinajstić information content (AvgIpc) is 3.05. The number of nitrogens with zero attached hydrogens (tertiary/aromatic N) is 3. The Kier molecular flexibility index (Phi) is 3.52. The van der Waals surface area contributed by atoms with Crippen LogP contribution < -0.4 is 0 Å². The molecule has 2 N–H and O–H groups in total. The Morgan fingerprint density at radius 3 is 2.90 bits per heavy atom. The molecule has 0 saturated heterocycles. The lowest BCUT2D eigenvalue weighted by atomic mass is 10.1. The molecule has 2 aromatic heterocycles. The highest BCUT2D eigenvalue weighted by Crippen LogP contribution is 2.21. The van der Waals surface area contributed by atoms with Gasteiger partial charge >= 0.3 is 0 Å². The van der Waals surface area contributed by atoms with Crippen LogP contribution in [0.25, 0.3) is 10.9 Å². The summed E-state index contributed by atoms with van der Waals surface area (Å²) in [5, 5.41) is 8.17. The molecule has 0 fully saturated rings. The molecule has 20 heavy (non-hydrogen) atoms. The maximum absolute atomic E-state index is 4.18. The van der Waals surface area contributed by atoms with Gasteiger partial charge in [-0.3, -0.25) is 5.10 Å². The molecule has 0 aliphatic rings. The molecule has 0 atom stereocenters. The van der Waals surface area contributed by atoms with Crippen LogP contribution in [-0.4, -0.2) is 45.7 Å². The highest BCUT2D eigenvalue weighted by Gasteiger charge is 2.07. The van der Waals surface area contributed by atoms with Gasteiger partial charge in [-0.05, 0) is 43.8 Å². The zero-order chi connectivity index (χ0) is 13.9. The quantitative estimate of drug-likeness (QED) is 0.744. The van der Waals surface area contributed by atoms with Gasteiger partial charge in [0.2, 0.25) is 0 Å². The van der Waals surface area contributed by atoms with E-state index in [9.17, 15) is 0 Å². The van der Waals surface area contributed by atoms with Crippen LogP contribution in [0.2, 0.25) is 0 Å². The zero-order valence-electron chi connectivity index (χ0n) is 11.8. The molecule has 0 aliphatic carbocycles. The molecule has 0 unspecified atom stereocenters. The van der Waals surface area contributed by atoms with Crippen LogP contribution in [0.4, 0.5) is 0 Å². The Hall–Kier alpha value is -2.14. The summed E-state index contributed by atoms with van der Waals surface area (Å²) in [7, 11) is 4.20. The Labute approximate surface area is 118 Å². The molecule has 3 rings (SSSR count). The van der Waals surface area contributed by atoms with Crippen molar-refractivity contribution in [3.8, 4) is 0 Å². The van der Waals surface area contributed by atoms with Crippen molar-refractivity contribution in [3.05, 3.63) is 47.7 Å². The largest absolute Gasteiger partial charge is 0.361 e. The monoisotopic (exact) mass is 269 g/mol. The third-order valence-electron chi connectivity index (χ3n) is 3.49. The molecule has 0 amide bonds. The lowest BCUT2D eigenvalue weighted by Crippen LogP contribution is -2.14. The van der Waals surface area contributed by atoms with Gasteiger partial charge < -0.3 is 9.88 Å². The molecule has 2 heterocycles. The predicted octanol–water partition coefficient (Wildman–Crippen LogP) is 1.98. The standard InChI is InChI=1S/C15H19N5/c1-20(2)6-5-12-9-16-14-4-3-11(7-13(12)14)8-15-17-10-18-19-15/h3-4,7,9-10,16H,5-6,8H2,1-2H3,(H,17,18,19). The fraction of sp³-hybridized carbons (Fsp3) is 0.333. The summed E-state index contributed by atoms with van der Waals surface area (Å²) in [4.78, 5) is 9.73. The van der Waals surface area contributed by atoms with Crippen LogP contribution in [0.5, 0.6) is 0 Å². The maximum Gasteiger partial charge on any atom is 0.154 e. The van der Waals surface area contributed by atoms with E-state index in [4.69, 9.17) is 0 Å². The third kappa shape index (κ3) is 2.72. The van der Waals surface area contributed by atoms with E-state index in [0.29, 0.717) is 0 Å². The molecule has 3 aromatic rings. The molecule has 0 aliphatic heterocycles. The first-order valence-corrected chi connectivity index (χ1v) is 6.80. The van der Waals surface area contributed by atoms with E-state index in [-0.39, 0.29) is 0 Å². The van der Waals surface area contributed by atoms with E-state index in [1.807, 2.05) is 0 Å². The average molecular weight is 269 g/mol. The molecule has 0 bridgehead atoms. The Morgan fingerprint density at radius 1 is 1.25 bits per heavy atom. The van der Waals surface area contributed by atoms with Crippen LogP contribution in [0, 0.1) is 0 Å². The summed E-state index contributed by atoms with van der Waals surface area (Å²) in [5.41, 5.74) is 3.80. The molecule has 1 aromatic carbocycles. The topological polar surface area (TPSA) is 60.6 Å². The first-order valence-electron chi connectivity index (χ1n) is 6.80. The van der Waals surface area contributed by atoms with Crippen molar-refractivity contribution in [2.75, 3.05) is 20.6 Å². The minimum absolute atomic E-state index is 0.762. The van der Waals surface area contributed by atoms with Gasteiger partial charge in [-0.1, -0.05) is 6.07 Å². The van der Waals surface area contributed by atoms with Gasteiger partial charge in [0.1, 0.15) is 6.33 Å². The minimum atomic E-state index is 0.762. The second-order valence-corrected chi connectivity index (χ2v) is 5.34. The fourth-order valence-electron chi connectivity index (χ4n) is 2.39. The molecule has 5 heteroatoms. The third-order valence-corrected chi connectivity index (χ3v) is 3.49. The van der Waals surface area contributed by atoms with Crippen molar-refractivity contribution in [1.29, 1.82) is 0 Å². The number of aromatic amines is 2. The van der Waals surface area contributed by atoms with E-state index >= 15 is 0 Å². The Morgan fingerprint density at radius 2 is 2.15 bits per heavy atom. The normalized spacial score (nSPS) is 11.6. The highest BCUT2D eigenvalue weighted by atomic mass is 15.2. The predicted molar refractivity (Wildman–Crippen MR) is 79.7 cm³/mol. The number of fused-ring (bicyclic) bond motifs is 1. The van der Waals surface area contributed by atoms with Crippen LogP contribution in [0.1, 0.15) is 17.0 Å². The molecule has 0 radical (unpaired) electrons. The van der Waals surface area contributed by atoms with Crippen molar-refractivity contribution in [3.63, 3.8) is 0 Å². The van der Waals surface area contributed by atoms with Crippen molar-refractivity contribution < 1.29 is 0 Å². The number of hydrogen-bond acceptors (Lipinski definition) is 3. The van der Waals surface area contributed by atoms with Gasteiger partial charge in [-0.25, -0.2) is 4.98 Å². The lowest BCUT2D eigenvalue weighted by molar-refractivity contribution is 0.414. The van der Waals surface area contributed by atoms with Crippen LogP contribution >= 0.6 is 0 Å². The van der Waals surface area contributed by atoms with Gasteiger partial charge in [-0.15, -0.1) is 0 Å². The molecule has 5 nitrogen and oxygen atoms in total. The molecular formula is C15H19N5. The lowest BCUT2D eigenvalue weighted by Gasteiger charge is -2.08. The van der Waals surface area contributed by atoms with E-state index in [2.05, 4.69) is 63.6 Å².